The van der Waals surface area contributed by atoms with Crippen LogP contribution in [0.1, 0.15) is 24.6 Å². The molecule has 1 aromatic heterocycles. The summed E-state index contributed by atoms with van der Waals surface area (Å²) < 4.78 is 6.90. The Morgan fingerprint density at radius 2 is 2.10 bits per heavy atom. The summed E-state index contributed by atoms with van der Waals surface area (Å²) in [5, 5.41) is 3.94. The Balaban J connectivity index is 2.22. The molecule has 0 bridgehead atoms. The van der Waals surface area contributed by atoms with Gasteiger partial charge in [0.1, 0.15) is 11.5 Å². The van der Waals surface area contributed by atoms with Gasteiger partial charge in [-0.25, -0.2) is 0 Å². The molecule has 1 heterocycles. The number of ether oxygens (including phenoxy) is 1. The van der Waals surface area contributed by atoms with Crippen LogP contribution in [0.15, 0.2) is 34.9 Å². The Morgan fingerprint density at radius 3 is 2.81 bits per heavy atom. The number of hydrogen-bond donors (Lipinski definition) is 1. The zero-order valence-corrected chi connectivity index (χ0v) is 14.5. The summed E-state index contributed by atoms with van der Waals surface area (Å²) in [5.41, 5.74) is 1.94. The fraction of sp³-hybridized carbons (Fsp3) is 0.312. The van der Waals surface area contributed by atoms with E-state index in [-0.39, 0.29) is 0 Å². The molecular weight excluding hydrogens is 352 g/mol. The van der Waals surface area contributed by atoms with Crippen LogP contribution in [0.4, 0.5) is 0 Å². The van der Waals surface area contributed by atoms with E-state index in [0.717, 1.165) is 41.0 Å². The maximum absolute atomic E-state index is 6.21. The molecule has 0 spiro atoms. The minimum absolute atomic E-state index is 0.575. The van der Waals surface area contributed by atoms with Gasteiger partial charge in [0, 0.05) is 34.5 Å². The first-order valence-corrected chi connectivity index (χ1v) is 8.06. The van der Waals surface area contributed by atoms with E-state index in [9.17, 15) is 0 Å². The highest BCUT2D eigenvalue weighted by molar-refractivity contribution is 9.10. The van der Waals surface area contributed by atoms with Crippen LogP contribution in [0.25, 0.3) is 0 Å². The predicted molar refractivity (Wildman–Crippen MR) is 90.2 cm³/mol. The zero-order valence-electron chi connectivity index (χ0n) is 12.1. The second-order valence-electron chi connectivity index (χ2n) is 4.79. The van der Waals surface area contributed by atoms with E-state index in [0.29, 0.717) is 10.8 Å². The van der Waals surface area contributed by atoms with E-state index in [1.165, 1.54) is 0 Å². The quantitative estimate of drug-likeness (QED) is 0.719. The fourth-order valence-electron chi connectivity index (χ4n) is 1.87. The molecule has 112 valence electrons. The normalized spacial score (nSPS) is 10.7. The topological polar surface area (TPSA) is 34.2 Å². The minimum atomic E-state index is 0.575. The van der Waals surface area contributed by atoms with Gasteiger partial charge in [-0.05, 0) is 38.1 Å². The van der Waals surface area contributed by atoms with Gasteiger partial charge >= 0.3 is 0 Å². The maximum atomic E-state index is 6.21. The Labute approximate surface area is 138 Å². The molecule has 5 heteroatoms. The number of aromatic nitrogens is 1. The van der Waals surface area contributed by atoms with E-state index >= 15 is 0 Å². The molecule has 0 aliphatic carbocycles. The monoisotopic (exact) mass is 368 g/mol. The van der Waals surface area contributed by atoms with Gasteiger partial charge in [0.25, 0.3) is 0 Å². The highest BCUT2D eigenvalue weighted by atomic mass is 79.9. The first-order chi connectivity index (χ1) is 10.1. The molecule has 3 nitrogen and oxygen atoms in total. The Morgan fingerprint density at radius 1 is 1.29 bits per heavy atom. The third-order valence-electron chi connectivity index (χ3n) is 2.94. The van der Waals surface area contributed by atoms with E-state index < -0.39 is 0 Å². The summed E-state index contributed by atoms with van der Waals surface area (Å²) >= 11 is 9.60. The van der Waals surface area contributed by atoms with Crippen molar-refractivity contribution in [1.82, 2.24) is 10.3 Å². The molecule has 1 aromatic carbocycles. The van der Waals surface area contributed by atoms with Crippen molar-refractivity contribution in [2.24, 2.45) is 0 Å². The molecule has 1 N–H and O–H groups in total. The molecule has 2 rings (SSSR count). The molecule has 0 aliphatic rings. The molecule has 0 aliphatic heterocycles. The van der Waals surface area contributed by atoms with Crippen molar-refractivity contribution in [2.75, 3.05) is 6.54 Å². The molecule has 0 fully saturated rings. The van der Waals surface area contributed by atoms with Crippen molar-refractivity contribution in [2.45, 2.75) is 26.8 Å². The van der Waals surface area contributed by atoms with Gasteiger partial charge in [-0.2, -0.15) is 0 Å². The van der Waals surface area contributed by atoms with Crippen LogP contribution in [0.5, 0.6) is 11.5 Å². The Hall–Kier alpha value is -1.10. The van der Waals surface area contributed by atoms with Crippen LogP contribution in [-0.2, 0) is 6.54 Å². The van der Waals surface area contributed by atoms with Crippen LogP contribution >= 0.6 is 27.5 Å². The van der Waals surface area contributed by atoms with Gasteiger partial charge in [-0.1, -0.05) is 34.5 Å². The first-order valence-electron chi connectivity index (χ1n) is 6.89. The lowest BCUT2D eigenvalue weighted by atomic mass is 10.2. The highest BCUT2D eigenvalue weighted by Crippen LogP contribution is 2.33. The van der Waals surface area contributed by atoms with E-state index in [2.05, 4.69) is 33.2 Å². The second-order valence-corrected chi connectivity index (χ2v) is 6.11. The smallest absolute Gasteiger partial charge is 0.146 e. The van der Waals surface area contributed by atoms with Crippen LogP contribution in [0, 0.1) is 6.92 Å². The summed E-state index contributed by atoms with van der Waals surface area (Å²) in [7, 11) is 0. The van der Waals surface area contributed by atoms with Crippen molar-refractivity contribution < 1.29 is 4.74 Å². The van der Waals surface area contributed by atoms with Crippen molar-refractivity contribution in [3.63, 3.8) is 0 Å². The highest BCUT2D eigenvalue weighted by Gasteiger charge is 2.09. The van der Waals surface area contributed by atoms with Crippen molar-refractivity contribution in [3.8, 4) is 11.5 Å². The van der Waals surface area contributed by atoms with Gasteiger partial charge in [-0.3, -0.25) is 4.98 Å². The standard InChI is InChI=1S/C16H18BrClN2O/c1-3-6-19-9-12-10-20-11(2)7-16(12)21-15-5-4-13(17)8-14(15)18/h4-5,7-8,10,19H,3,6,9H2,1-2H3. The molecule has 0 saturated heterocycles. The number of pyridine rings is 1. The van der Waals surface area contributed by atoms with Gasteiger partial charge in [0.05, 0.1) is 5.02 Å². The molecule has 0 radical (unpaired) electrons. The molecular formula is C16H18BrClN2O. The van der Waals surface area contributed by atoms with E-state index in [1.807, 2.05) is 37.4 Å². The SMILES string of the molecule is CCCNCc1cnc(C)cc1Oc1ccc(Br)cc1Cl. The van der Waals surface area contributed by atoms with E-state index in [4.69, 9.17) is 16.3 Å². The second kappa shape index (κ2) is 7.78. The number of aryl methyl sites for hydroxylation is 1. The van der Waals surface area contributed by atoms with Gasteiger partial charge in [0.2, 0.25) is 0 Å². The Bertz CT molecular complexity index is 619. The van der Waals surface area contributed by atoms with Gasteiger partial charge in [-0.15, -0.1) is 0 Å². The van der Waals surface area contributed by atoms with Gasteiger partial charge in [0.15, 0.2) is 0 Å². The molecule has 0 atom stereocenters. The Kier molecular flexibility index (Phi) is 6.03. The number of hydrogen-bond acceptors (Lipinski definition) is 3. The summed E-state index contributed by atoms with van der Waals surface area (Å²) in [6.07, 6.45) is 2.94. The third kappa shape index (κ3) is 4.70. The molecule has 2 aromatic rings. The van der Waals surface area contributed by atoms with Crippen LogP contribution in [-0.4, -0.2) is 11.5 Å². The number of nitrogens with zero attached hydrogens (tertiary/aromatic N) is 1. The fourth-order valence-corrected chi connectivity index (χ4v) is 2.58. The van der Waals surface area contributed by atoms with Crippen molar-refractivity contribution in [1.29, 1.82) is 0 Å². The van der Waals surface area contributed by atoms with Crippen molar-refractivity contribution in [3.05, 3.63) is 51.2 Å². The number of rotatable bonds is 6. The molecule has 0 saturated carbocycles. The number of benzene rings is 1. The van der Waals surface area contributed by atoms with Gasteiger partial charge < -0.3 is 10.1 Å². The molecule has 21 heavy (non-hydrogen) atoms. The summed E-state index contributed by atoms with van der Waals surface area (Å²) in [5.74, 6) is 1.43. The lowest BCUT2D eigenvalue weighted by Crippen LogP contribution is -2.14. The average Bonchev–Trinajstić information content (AvgIpc) is 2.44. The lowest BCUT2D eigenvalue weighted by Gasteiger charge is -2.13. The van der Waals surface area contributed by atoms with Crippen LogP contribution < -0.4 is 10.1 Å². The zero-order chi connectivity index (χ0) is 15.2. The molecule has 0 amide bonds. The summed E-state index contributed by atoms with van der Waals surface area (Å²) in [6, 6.07) is 7.51. The maximum Gasteiger partial charge on any atom is 0.146 e. The largest absolute Gasteiger partial charge is 0.455 e. The van der Waals surface area contributed by atoms with Crippen LogP contribution in [0.2, 0.25) is 5.02 Å². The lowest BCUT2D eigenvalue weighted by molar-refractivity contribution is 0.471. The summed E-state index contributed by atoms with van der Waals surface area (Å²) in [6.45, 7) is 5.77. The van der Waals surface area contributed by atoms with E-state index in [1.54, 1.807) is 0 Å². The number of halogens is 2. The van der Waals surface area contributed by atoms with Crippen molar-refractivity contribution >= 4 is 27.5 Å². The third-order valence-corrected chi connectivity index (χ3v) is 3.73. The molecule has 0 unspecified atom stereocenters. The average molecular weight is 370 g/mol. The first kappa shape index (κ1) is 16.3. The summed E-state index contributed by atoms with van der Waals surface area (Å²) in [4.78, 5) is 4.34. The predicted octanol–water partition coefficient (Wildman–Crippen LogP) is 5.10. The number of nitrogens with one attached hydrogen (secondary N) is 1. The minimum Gasteiger partial charge on any atom is -0.455 e. The van der Waals surface area contributed by atoms with Crippen LogP contribution in [0.3, 0.4) is 0 Å².